The van der Waals surface area contributed by atoms with Crippen LogP contribution < -0.4 is 5.32 Å². The zero-order valence-electron chi connectivity index (χ0n) is 11.1. The average molecular weight is 259 g/mol. The van der Waals surface area contributed by atoms with Gasteiger partial charge in [-0.1, -0.05) is 11.6 Å². The monoisotopic (exact) mass is 259 g/mol. The number of allylic oxidation sites excluding steroid dienone is 1. The first-order valence-electron chi connectivity index (χ1n) is 5.69. The van der Waals surface area contributed by atoms with Gasteiger partial charge in [-0.3, -0.25) is 4.79 Å². The fourth-order valence-electron chi connectivity index (χ4n) is 1.12. The summed E-state index contributed by atoms with van der Waals surface area (Å²) in [6.45, 7) is 4.27. The molecular formula is C12H21NO5. The highest BCUT2D eigenvalue weighted by atomic mass is 16.5. The molecule has 0 spiro atoms. The van der Waals surface area contributed by atoms with Crippen molar-refractivity contribution in [2.24, 2.45) is 0 Å². The van der Waals surface area contributed by atoms with Gasteiger partial charge in [0.25, 0.3) is 0 Å². The molecule has 0 bridgehead atoms. The fraction of sp³-hybridized carbons (Fsp3) is 0.667. The molecule has 0 rings (SSSR count). The van der Waals surface area contributed by atoms with Crippen LogP contribution in [0.2, 0.25) is 0 Å². The minimum absolute atomic E-state index is 0.165. The molecule has 0 heterocycles. The first kappa shape index (κ1) is 16.6. The van der Waals surface area contributed by atoms with Gasteiger partial charge in [0.2, 0.25) is 5.91 Å². The molecule has 0 saturated carbocycles. The Labute approximate surface area is 107 Å². The highest BCUT2D eigenvalue weighted by Gasteiger charge is 2.18. The number of aliphatic carboxylic acids is 1. The summed E-state index contributed by atoms with van der Waals surface area (Å²) in [4.78, 5) is 22.3. The summed E-state index contributed by atoms with van der Waals surface area (Å²) in [5, 5.41) is 11.3. The molecule has 0 fully saturated rings. The molecule has 0 aromatic heterocycles. The van der Waals surface area contributed by atoms with Crippen molar-refractivity contribution in [3.8, 4) is 0 Å². The topological polar surface area (TPSA) is 84.9 Å². The van der Waals surface area contributed by atoms with Crippen LogP contribution in [0.4, 0.5) is 0 Å². The largest absolute Gasteiger partial charge is 0.480 e. The Morgan fingerprint density at radius 2 is 2.00 bits per heavy atom. The number of carboxylic acid groups (broad SMARTS) is 1. The van der Waals surface area contributed by atoms with Gasteiger partial charge in [0.15, 0.2) is 0 Å². The molecule has 6 nitrogen and oxygen atoms in total. The Balaban J connectivity index is 4.04. The van der Waals surface area contributed by atoms with Gasteiger partial charge in [-0.25, -0.2) is 4.79 Å². The number of carboxylic acids is 1. The first-order chi connectivity index (χ1) is 8.47. The van der Waals surface area contributed by atoms with E-state index in [1.807, 2.05) is 13.8 Å². The second kappa shape index (κ2) is 9.61. The second-order valence-corrected chi connectivity index (χ2v) is 4.02. The zero-order valence-corrected chi connectivity index (χ0v) is 11.1. The molecule has 0 saturated heterocycles. The van der Waals surface area contributed by atoms with Crippen LogP contribution >= 0.6 is 0 Å². The summed E-state index contributed by atoms with van der Waals surface area (Å²) >= 11 is 0. The smallest absolute Gasteiger partial charge is 0.326 e. The molecule has 0 unspecified atom stereocenters. The van der Waals surface area contributed by atoms with Gasteiger partial charge in [0, 0.05) is 7.11 Å². The van der Waals surface area contributed by atoms with Crippen molar-refractivity contribution < 1.29 is 24.2 Å². The molecule has 0 aromatic carbocycles. The minimum atomic E-state index is -1.06. The summed E-state index contributed by atoms with van der Waals surface area (Å²) in [7, 11) is 1.53. The van der Waals surface area contributed by atoms with E-state index in [2.05, 4.69) is 5.32 Å². The van der Waals surface area contributed by atoms with Crippen molar-refractivity contribution in [3.63, 3.8) is 0 Å². The Morgan fingerprint density at radius 3 is 2.50 bits per heavy atom. The van der Waals surface area contributed by atoms with Crippen LogP contribution in [0.25, 0.3) is 0 Å². The number of carbonyl (C=O) groups is 2. The van der Waals surface area contributed by atoms with Crippen molar-refractivity contribution in [3.05, 3.63) is 11.6 Å². The summed E-state index contributed by atoms with van der Waals surface area (Å²) in [5.41, 5.74) is 1.01. The molecule has 0 aliphatic carbocycles. The molecule has 18 heavy (non-hydrogen) atoms. The number of nitrogens with one attached hydrogen (secondary N) is 1. The fourth-order valence-corrected chi connectivity index (χ4v) is 1.12. The van der Waals surface area contributed by atoms with Gasteiger partial charge in [0.05, 0.1) is 13.2 Å². The molecule has 0 aliphatic heterocycles. The predicted octanol–water partition coefficient (Wildman–Crippen LogP) is 0.575. The van der Waals surface area contributed by atoms with Gasteiger partial charge in [-0.15, -0.1) is 0 Å². The number of methoxy groups -OCH3 is 1. The number of amides is 1. The maximum absolute atomic E-state index is 11.4. The summed E-state index contributed by atoms with van der Waals surface area (Å²) in [6, 6.07) is -0.918. The SMILES string of the molecule is COCCOCC(=O)N[C@@H](CC=C(C)C)C(=O)O. The molecule has 0 aliphatic rings. The molecular weight excluding hydrogens is 238 g/mol. The number of carbonyl (C=O) groups excluding carboxylic acids is 1. The van der Waals surface area contributed by atoms with Crippen molar-refractivity contribution in [1.82, 2.24) is 5.32 Å². The quantitative estimate of drug-likeness (QED) is 0.467. The highest BCUT2D eigenvalue weighted by Crippen LogP contribution is 1.99. The van der Waals surface area contributed by atoms with Crippen LogP contribution in [-0.2, 0) is 19.1 Å². The second-order valence-electron chi connectivity index (χ2n) is 4.02. The highest BCUT2D eigenvalue weighted by molar-refractivity contribution is 5.84. The Kier molecular flexibility index (Phi) is 8.86. The van der Waals surface area contributed by atoms with Crippen LogP contribution in [-0.4, -0.2) is 50.0 Å². The van der Waals surface area contributed by atoms with Gasteiger partial charge < -0.3 is 19.9 Å². The molecule has 0 radical (unpaired) electrons. The van der Waals surface area contributed by atoms with Gasteiger partial charge in [0.1, 0.15) is 12.6 Å². The Hall–Kier alpha value is -1.40. The van der Waals surface area contributed by atoms with Crippen LogP contribution in [0, 0.1) is 0 Å². The van der Waals surface area contributed by atoms with Crippen LogP contribution in [0.1, 0.15) is 20.3 Å². The molecule has 104 valence electrons. The van der Waals surface area contributed by atoms with Crippen LogP contribution in [0.3, 0.4) is 0 Å². The summed E-state index contributed by atoms with van der Waals surface area (Å²) in [5.74, 6) is -1.50. The van der Waals surface area contributed by atoms with Gasteiger partial charge >= 0.3 is 5.97 Å². The van der Waals surface area contributed by atoms with E-state index in [1.165, 1.54) is 7.11 Å². The van der Waals surface area contributed by atoms with E-state index in [0.29, 0.717) is 13.2 Å². The van der Waals surface area contributed by atoms with Crippen molar-refractivity contribution in [2.75, 3.05) is 26.9 Å². The molecule has 0 aromatic rings. The average Bonchev–Trinajstić information content (AvgIpc) is 2.29. The van der Waals surface area contributed by atoms with Crippen LogP contribution in [0.5, 0.6) is 0 Å². The third kappa shape index (κ3) is 8.72. The van der Waals surface area contributed by atoms with E-state index < -0.39 is 17.9 Å². The lowest BCUT2D eigenvalue weighted by Gasteiger charge is -2.13. The third-order valence-electron chi connectivity index (χ3n) is 2.06. The van der Waals surface area contributed by atoms with E-state index in [4.69, 9.17) is 14.6 Å². The number of rotatable bonds is 9. The first-order valence-corrected chi connectivity index (χ1v) is 5.69. The van der Waals surface area contributed by atoms with Crippen molar-refractivity contribution >= 4 is 11.9 Å². The van der Waals surface area contributed by atoms with E-state index >= 15 is 0 Å². The molecule has 2 N–H and O–H groups in total. The number of hydrogen-bond donors (Lipinski definition) is 2. The van der Waals surface area contributed by atoms with Crippen LogP contribution in [0.15, 0.2) is 11.6 Å². The van der Waals surface area contributed by atoms with Crippen molar-refractivity contribution in [1.29, 1.82) is 0 Å². The number of ether oxygens (including phenoxy) is 2. The Bertz CT molecular complexity index is 297. The number of hydrogen-bond acceptors (Lipinski definition) is 4. The van der Waals surface area contributed by atoms with E-state index in [-0.39, 0.29) is 13.0 Å². The van der Waals surface area contributed by atoms with E-state index in [0.717, 1.165) is 5.57 Å². The molecule has 1 atom stereocenters. The maximum atomic E-state index is 11.4. The standard InChI is InChI=1S/C12H21NO5/c1-9(2)4-5-10(12(15)16)13-11(14)8-18-7-6-17-3/h4,10H,5-8H2,1-3H3,(H,13,14)(H,15,16)/t10-/m0/s1. The lowest BCUT2D eigenvalue weighted by atomic mass is 10.1. The van der Waals surface area contributed by atoms with E-state index in [9.17, 15) is 9.59 Å². The molecule has 1 amide bonds. The van der Waals surface area contributed by atoms with Gasteiger partial charge in [-0.05, 0) is 20.3 Å². The summed E-state index contributed by atoms with van der Waals surface area (Å²) < 4.78 is 9.75. The van der Waals surface area contributed by atoms with Crippen molar-refractivity contribution in [2.45, 2.75) is 26.3 Å². The lowest BCUT2D eigenvalue weighted by molar-refractivity contribution is -0.142. The summed E-state index contributed by atoms with van der Waals surface area (Å²) in [6.07, 6.45) is 2.03. The van der Waals surface area contributed by atoms with E-state index in [1.54, 1.807) is 6.08 Å². The molecule has 6 heteroatoms. The normalized spacial score (nSPS) is 11.7. The van der Waals surface area contributed by atoms with Gasteiger partial charge in [-0.2, -0.15) is 0 Å². The predicted molar refractivity (Wildman–Crippen MR) is 66.3 cm³/mol. The third-order valence-corrected chi connectivity index (χ3v) is 2.06. The Morgan fingerprint density at radius 1 is 1.33 bits per heavy atom. The minimum Gasteiger partial charge on any atom is -0.480 e. The zero-order chi connectivity index (χ0) is 14.0. The maximum Gasteiger partial charge on any atom is 0.326 e. The lowest BCUT2D eigenvalue weighted by Crippen LogP contribution is -2.42.